The normalized spacial score (nSPS) is 24.7. The standard InChI is InChI=1S/C16H20N2O/c1-11-14(7-9-19-11)16(17-2)13-6-5-12-4-3-8-18-15(12)10-13/h3-6,8,10-11,14,16-17H,7,9H2,1-2H3. The van der Waals surface area contributed by atoms with Crippen molar-refractivity contribution in [1.82, 2.24) is 10.3 Å². The number of pyridine rings is 1. The fourth-order valence-corrected chi connectivity index (χ4v) is 3.09. The van der Waals surface area contributed by atoms with Gasteiger partial charge in [0.05, 0.1) is 11.6 Å². The summed E-state index contributed by atoms with van der Waals surface area (Å²) in [6.45, 7) is 3.04. The molecule has 0 saturated carbocycles. The van der Waals surface area contributed by atoms with Crippen molar-refractivity contribution in [3.63, 3.8) is 0 Å². The summed E-state index contributed by atoms with van der Waals surface area (Å²) in [6, 6.07) is 11.0. The smallest absolute Gasteiger partial charge is 0.0705 e. The van der Waals surface area contributed by atoms with Gasteiger partial charge in [0.1, 0.15) is 0 Å². The molecule has 0 bridgehead atoms. The molecule has 1 aliphatic heterocycles. The molecule has 0 spiro atoms. The highest BCUT2D eigenvalue weighted by atomic mass is 16.5. The summed E-state index contributed by atoms with van der Waals surface area (Å²) >= 11 is 0. The van der Waals surface area contributed by atoms with Crippen LogP contribution in [0, 0.1) is 5.92 Å². The fraction of sp³-hybridized carbons (Fsp3) is 0.438. The van der Waals surface area contributed by atoms with Crippen molar-refractivity contribution in [1.29, 1.82) is 0 Å². The third-order valence-corrected chi connectivity index (χ3v) is 4.16. The van der Waals surface area contributed by atoms with Crippen molar-refractivity contribution in [3.8, 4) is 0 Å². The number of benzene rings is 1. The predicted molar refractivity (Wildman–Crippen MR) is 77.1 cm³/mol. The van der Waals surface area contributed by atoms with Gasteiger partial charge < -0.3 is 10.1 Å². The second-order valence-electron chi connectivity index (χ2n) is 5.25. The van der Waals surface area contributed by atoms with Crippen LogP contribution in [-0.2, 0) is 4.74 Å². The van der Waals surface area contributed by atoms with Crippen LogP contribution < -0.4 is 5.32 Å². The fourth-order valence-electron chi connectivity index (χ4n) is 3.09. The minimum absolute atomic E-state index is 0.317. The summed E-state index contributed by atoms with van der Waals surface area (Å²) in [6.07, 6.45) is 3.28. The molecule has 3 nitrogen and oxygen atoms in total. The largest absolute Gasteiger partial charge is 0.378 e. The van der Waals surface area contributed by atoms with Gasteiger partial charge in [0.15, 0.2) is 0 Å². The number of hydrogen-bond acceptors (Lipinski definition) is 3. The van der Waals surface area contributed by atoms with Crippen LogP contribution in [0.15, 0.2) is 36.5 Å². The van der Waals surface area contributed by atoms with E-state index in [9.17, 15) is 0 Å². The van der Waals surface area contributed by atoms with E-state index in [1.54, 1.807) is 0 Å². The Hall–Kier alpha value is -1.45. The van der Waals surface area contributed by atoms with Crippen LogP contribution in [0.3, 0.4) is 0 Å². The zero-order chi connectivity index (χ0) is 13.2. The Morgan fingerprint density at radius 1 is 1.37 bits per heavy atom. The number of nitrogens with zero attached hydrogens (tertiary/aromatic N) is 1. The van der Waals surface area contributed by atoms with E-state index in [4.69, 9.17) is 4.74 Å². The molecular formula is C16H20N2O. The zero-order valence-electron chi connectivity index (χ0n) is 11.5. The monoisotopic (exact) mass is 256 g/mol. The van der Waals surface area contributed by atoms with Crippen LogP contribution in [0.4, 0.5) is 0 Å². The molecule has 100 valence electrons. The van der Waals surface area contributed by atoms with Gasteiger partial charge >= 0.3 is 0 Å². The van der Waals surface area contributed by atoms with E-state index in [2.05, 4.69) is 41.5 Å². The summed E-state index contributed by atoms with van der Waals surface area (Å²) < 4.78 is 5.70. The summed E-state index contributed by atoms with van der Waals surface area (Å²) in [5, 5.41) is 4.64. The lowest BCUT2D eigenvalue weighted by Gasteiger charge is -2.26. The van der Waals surface area contributed by atoms with E-state index in [-0.39, 0.29) is 0 Å². The van der Waals surface area contributed by atoms with Gasteiger partial charge in [-0.1, -0.05) is 18.2 Å². The number of hydrogen-bond donors (Lipinski definition) is 1. The van der Waals surface area contributed by atoms with Gasteiger partial charge in [-0.15, -0.1) is 0 Å². The van der Waals surface area contributed by atoms with Crippen LogP contribution in [0.5, 0.6) is 0 Å². The molecule has 2 heterocycles. The minimum Gasteiger partial charge on any atom is -0.378 e. The first-order valence-electron chi connectivity index (χ1n) is 6.93. The second kappa shape index (κ2) is 5.27. The number of fused-ring (bicyclic) bond motifs is 1. The van der Waals surface area contributed by atoms with Gasteiger partial charge in [0.2, 0.25) is 0 Å². The Morgan fingerprint density at radius 3 is 3.00 bits per heavy atom. The summed E-state index contributed by atoms with van der Waals surface area (Å²) in [7, 11) is 2.03. The highest BCUT2D eigenvalue weighted by Gasteiger charge is 2.31. The van der Waals surface area contributed by atoms with E-state index < -0.39 is 0 Å². The molecule has 1 aromatic heterocycles. The number of aromatic nitrogens is 1. The Labute approximate surface area is 114 Å². The Balaban J connectivity index is 1.96. The number of rotatable bonds is 3. The average molecular weight is 256 g/mol. The maximum absolute atomic E-state index is 5.70. The van der Waals surface area contributed by atoms with E-state index in [0.29, 0.717) is 18.1 Å². The van der Waals surface area contributed by atoms with E-state index in [1.165, 1.54) is 10.9 Å². The molecule has 3 heteroatoms. The molecule has 1 fully saturated rings. The Morgan fingerprint density at radius 2 is 2.26 bits per heavy atom. The Kier molecular flexibility index (Phi) is 3.49. The molecule has 1 aliphatic rings. The van der Waals surface area contributed by atoms with Gasteiger partial charge in [0.25, 0.3) is 0 Å². The van der Waals surface area contributed by atoms with E-state index in [1.807, 2.05) is 19.3 Å². The first kappa shape index (κ1) is 12.6. The quantitative estimate of drug-likeness (QED) is 0.917. The van der Waals surface area contributed by atoms with Crippen molar-refractivity contribution >= 4 is 10.9 Å². The second-order valence-corrected chi connectivity index (χ2v) is 5.25. The van der Waals surface area contributed by atoms with Crippen molar-refractivity contribution in [2.24, 2.45) is 5.92 Å². The molecule has 1 N–H and O–H groups in total. The third-order valence-electron chi connectivity index (χ3n) is 4.16. The van der Waals surface area contributed by atoms with Crippen LogP contribution in [-0.4, -0.2) is 24.7 Å². The summed E-state index contributed by atoms with van der Waals surface area (Å²) in [5.41, 5.74) is 2.36. The summed E-state index contributed by atoms with van der Waals surface area (Å²) in [4.78, 5) is 4.45. The number of nitrogens with one attached hydrogen (secondary N) is 1. The molecule has 3 unspecified atom stereocenters. The van der Waals surface area contributed by atoms with Gasteiger partial charge in [-0.3, -0.25) is 4.98 Å². The lowest BCUT2D eigenvalue weighted by molar-refractivity contribution is 0.0963. The topological polar surface area (TPSA) is 34.2 Å². The van der Waals surface area contributed by atoms with E-state index in [0.717, 1.165) is 18.5 Å². The van der Waals surface area contributed by atoms with Crippen molar-refractivity contribution in [2.45, 2.75) is 25.5 Å². The first-order chi connectivity index (χ1) is 9.29. The minimum atomic E-state index is 0.317. The van der Waals surface area contributed by atoms with Crippen LogP contribution in [0.2, 0.25) is 0 Å². The van der Waals surface area contributed by atoms with Gasteiger partial charge in [-0.25, -0.2) is 0 Å². The number of ether oxygens (including phenoxy) is 1. The third kappa shape index (κ3) is 2.36. The summed E-state index contributed by atoms with van der Waals surface area (Å²) in [5.74, 6) is 0.533. The lowest BCUT2D eigenvalue weighted by atomic mass is 9.88. The zero-order valence-corrected chi connectivity index (χ0v) is 11.5. The van der Waals surface area contributed by atoms with E-state index >= 15 is 0 Å². The predicted octanol–water partition coefficient (Wildman–Crippen LogP) is 2.92. The highest BCUT2D eigenvalue weighted by Crippen LogP contribution is 2.33. The molecule has 1 saturated heterocycles. The highest BCUT2D eigenvalue weighted by molar-refractivity contribution is 5.79. The molecule has 2 aromatic rings. The molecule has 3 rings (SSSR count). The molecule has 19 heavy (non-hydrogen) atoms. The van der Waals surface area contributed by atoms with Crippen LogP contribution >= 0.6 is 0 Å². The molecule has 1 aromatic carbocycles. The van der Waals surface area contributed by atoms with Gasteiger partial charge in [-0.05, 0) is 38.1 Å². The SMILES string of the molecule is CNC(c1ccc2cccnc2c1)C1CCOC1C. The maximum Gasteiger partial charge on any atom is 0.0705 e. The van der Waals surface area contributed by atoms with Crippen molar-refractivity contribution < 1.29 is 4.74 Å². The molecule has 0 aliphatic carbocycles. The van der Waals surface area contributed by atoms with Crippen LogP contribution in [0.25, 0.3) is 10.9 Å². The molecule has 0 radical (unpaired) electrons. The van der Waals surface area contributed by atoms with Crippen molar-refractivity contribution in [2.75, 3.05) is 13.7 Å². The Bertz CT molecular complexity index is 569. The maximum atomic E-state index is 5.70. The molecular weight excluding hydrogens is 236 g/mol. The first-order valence-corrected chi connectivity index (χ1v) is 6.93. The lowest BCUT2D eigenvalue weighted by Crippen LogP contribution is -2.29. The van der Waals surface area contributed by atoms with Gasteiger partial charge in [-0.2, -0.15) is 0 Å². The average Bonchev–Trinajstić information content (AvgIpc) is 2.86. The molecule has 3 atom stereocenters. The van der Waals surface area contributed by atoms with Crippen LogP contribution in [0.1, 0.15) is 24.9 Å². The molecule has 0 amide bonds. The van der Waals surface area contributed by atoms with Gasteiger partial charge in [0, 0.05) is 30.1 Å². The van der Waals surface area contributed by atoms with Crippen molar-refractivity contribution in [3.05, 3.63) is 42.1 Å².